The summed E-state index contributed by atoms with van der Waals surface area (Å²) in [6.45, 7) is 6.09. The van der Waals surface area contributed by atoms with Crippen LogP contribution in [-0.4, -0.2) is 45.5 Å². The third-order valence-corrected chi connectivity index (χ3v) is 4.53. The van der Waals surface area contributed by atoms with Crippen LogP contribution in [0.1, 0.15) is 50.9 Å². The Morgan fingerprint density at radius 2 is 2.35 bits per heavy atom. The van der Waals surface area contributed by atoms with E-state index in [0.29, 0.717) is 24.3 Å². The molecule has 20 heavy (non-hydrogen) atoms. The van der Waals surface area contributed by atoms with Gasteiger partial charge in [0.25, 0.3) is 0 Å². The molecule has 0 N–H and O–H groups in total. The van der Waals surface area contributed by atoms with Gasteiger partial charge in [0.05, 0.1) is 0 Å². The number of carbonyl (C=O) groups is 1. The van der Waals surface area contributed by atoms with Gasteiger partial charge in [-0.15, -0.1) is 0 Å². The summed E-state index contributed by atoms with van der Waals surface area (Å²) in [6.07, 6.45) is 8.85. The van der Waals surface area contributed by atoms with Crippen LogP contribution in [0.15, 0.2) is 12.4 Å². The van der Waals surface area contributed by atoms with Crippen LogP contribution in [0.4, 0.5) is 0 Å². The summed E-state index contributed by atoms with van der Waals surface area (Å²) >= 11 is 1.73. The molecule has 1 amide bonds. The fraction of sp³-hybridized carbons (Fsp3) is 0.733. The number of nitrogens with zero attached hydrogens (tertiary/aromatic N) is 3. The third kappa shape index (κ3) is 3.57. The van der Waals surface area contributed by atoms with Gasteiger partial charge in [0.1, 0.15) is 5.82 Å². The Bertz CT molecular complexity index is 444. The second kappa shape index (κ2) is 7.16. The number of hydrogen-bond donors (Lipinski definition) is 0. The summed E-state index contributed by atoms with van der Waals surface area (Å²) < 4.78 is 2.24. The number of aromatic nitrogens is 2. The Balaban J connectivity index is 2.03. The zero-order valence-corrected chi connectivity index (χ0v) is 13.5. The van der Waals surface area contributed by atoms with Crippen molar-refractivity contribution in [2.24, 2.45) is 0 Å². The second-order valence-electron chi connectivity index (χ2n) is 5.71. The van der Waals surface area contributed by atoms with Gasteiger partial charge >= 0.3 is 0 Å². The summed E-state index contributed by atoms with van der Waals surface area (Å²) in [4.78, 5) is 18.7. The van der Waals surface area contributed by atoms with Crippen molar-refractivity contribution in [2.75, 3.05) is 25.1 Å². The molecule has 0 radical (unpaired) electrons. The number of imidazole rings is 1. The monoisotopic (exact) mass is 295 g/mol. The van der Waals surface area contributed by atoms with Crippen molar-refractivity contribution in [2.45, 2.75) is 45.1 Å². The maximum Gasteiger partial charge on any atom is 0.223 e. The Labute approximate surface area is 125 Å². The van der Waals surface area contributed by atoms with Crippen molar-refractivity contribution in [1.29, 1.82) is 0 Å². The molecule has 1 aliphatic rings. The van der Waals surface area contributed by atoms with E-state index in [-0.39, 0.29) is 0 Å². The van der Waals surface area contributed by atoms with Crippen LogP contribution in [0.2, 0.25) is 0 Å². The molecule has 5 heteroatoms. The molecule has 112 valence electrons. The summed E-state index contributed by atoms with van der Waals surface area (Å²) in [6, 6.07) is 0.426. The summed E-state index contributed by atoms with van der Waals surface area (Å²) in [5.41, 5.74) is 0. The van der Waals surface area contributed by atoms with Crippen molar-refractivity contribution < 1.29 is 4.79 Å². The SMILES string of the molecule is CSCCC(=O)N1CCC[C@@H](c2nccn2C(C)C)C1. The predicted octanol–water partition coefficient (Wildman–Crippen LogP) is 2.92. The maximum absolute atomic E-state index is 12.2. The zero-order chi connectivity index (χ0) is 14.5. The molecule has 0 bridgehead atoms. The van der Waals surface area contributed by atoms with E-state index in [2.05, 4.69) is 29.6 Å². The number of piperidine rings is 1. The minimum absolute atomic E-state index is 0.298. The second-order valence-corrected chi connectivity index (χ2v) is 6.69. The molecule has 2 heterocycles. The minimum atomic E-state index is 0.298. The van der Waals surface area contributed by atoms with Gasteiger partial charge in [-0.05, 0) is 32.9 Å². The molecule has 1 saturated heterocycles. The number of carbonyl (C=O) groups excluding carboxylic acids is 1. The summed E-state index contributed by atoms with van der Waals surface area (Å²) in [7, 11) is 0. The lowest BCUT2D eigenvalue weighted by Gasteiger charge is -2.33. The number of rotatable bonds is 5. The fourth-order valence-corrected chi connectivity index (χ4v) is 3.22. The lowest BCUT2D eigenvalue weighted by Crippen LogP contribution is -2.40. The van der Waals surface area contributed by atoms with Crippen LogP contribution in [0.3, 0.4) is 0 Å². The molecule has 4 nitrogen and oxygen atoms in total. The third-order valence-electron chi connectivity index (χ3n) is 3.91. The van der Waals surface area contributed by atoms with Crippen molar-refractivity contribution >= 4 is 17.7 Å². The number of likely N-dealkylation sites (tertiary alicyclic amines) is 1. The highest BCUT2D eigenvalue weighted by molar-refractivity contribution is 7.98. The van der Waals surface area contributed by atoms with E-state index >= 15 is 0 Å². The Morgan fingerprint density at radius 3 is 3.05 bits per heavy atom. The molecular formula is C15H25N3OS. The van der Waals surface area contributed by atoms with Crippen molar-refractivity contribution in [3.63, 3.8) is 0 Å². The molecule has 1 fully saturated rings. The lowest BCUT2D eigenvalue weighted by atomic mass is 9.96. The normalized spacial score (nSPS) is 19.6. The molecule has 0 saturated carbocycles. The minimum Gasteiger partial charge on any atom is -0.342 e. The fourth-order valence-electron chi connectivity index (χ4n) is 2.84. The highest BCUT2D eigenvalue weighted by Gasteiger charge is 2.27. The lowest BCUT2D eigenvalue weighted by molar-refractivity contribution is -0.132. The largest absolute Gasteiger partial charge is 0.342 e. The molecule has 1 aromatic heterocycles. The average molecular weight is 295 g/mol. The van der Waals surface area contributed by atoms with E-state index in [1.54, 1.807) is 11.8 Å². The number of hydrogen-bond acceptors (Lipinski definition) is 3. The summed E-state index contributed by atoms with van der Waals surface area (Å²) in [5.74, 6) is 2.74. The van der Waals surface area contributed by atoms with Gasteiger partial charge in [-0.2, -0.15) is 11.8 Å². The van der Waals surface area contributed by atoms with Crippen LogP contribution in [0, 0.1) is 0 Å². The van der Waals surface area contributed by atoms with Crippen LogP contribution >= 0.6 is 11.8 Å². The van der Waals surface area contributed by atoms with E-state index in [1.165, 1.54) is 0 Å². The van der Waals surface area contributed by atoms with E-state index in [4.69, 9.17) is 0 Å². The van der Waals surface area contributed by atoms with E-state index in [0.717, 1.165) is 37.5 Å². The van der Waals surface area contributed by atoms with Gasteiger partial charge in [0, 0.05) is 49.6 Å². The average Bonchev–Trinajstić information content (AvgIpc) is 2.94. The highest BCUT2D eigenvalue weighted by atomic mass is 32.2. The first-order valence-electron chi connectivity index (χ1n) is 7.43. The quantitative estimate of drug-likeness (QED) is 0.838. The van der Waals surface area contributed by atoms with E-state index < -0.39 is 0 Å². The number of amides is 1. The Morgan fingerprint density at radius 1 is 1.55 bits per heavy atom. The first kappa shape index (κ1) is 15.4. The standard InChI is InChI=1S/C15H25N3OS/c1-12(2)18-9-7-16-15(18)13-5-4-8-17(11-13)14(19)6-10-20-3/h7,9,12-13H,4-6,8,10-11H2,1-3H3/t13-/m1/s1. The molecule has 2 rings (SSSR count). The predicted molar refractivity (Wildman–Crippen MR) is 84.2 cm³/mol. The maximum atomic E-state index is 12.2. The van der Waals surface area contributed by atoms with Crippen molar-refractivity contribution in [3.8, 4) is 0 Å². The van der Waals surface area contributed by atoms with Gasteiger partial charge in [0.15, 0.2) is 0 Å². The Kier molecular flexibility index (Phi) is 5.52. The van der Waals surface area contributed by atoms with Crippen LogP contribution in [-0.2, 0) is 4.79 Å². The van der Waals surface area contributed by atoms with Crippen LogP contribution in [0.25, 0.3) is 0 Å². The number of thioether (sulfide) groups is 1. The molecule has 0 aromatic carbocycles. The van der Waals surface area contributed by atoms with E-state index in [1.807, 2.05) is 17.4 Å². The van der Waals surface area contributed by atoms with Gasteiger partial charge < -0.3 is 9.47 Å². The smallest absolute Gasteiger partial charge is 0.223 e. The van der Waals surface area contributed by atoms with Gasteiger partial charge in [-0.3, -0.25) is 4.79 Å². The molecule has 0 unspecified atom stereocenters. The molecule has 1 atom stereocenters. The first-order valence-corrected chi connectivity index (χ1v) is 8.82. The topological polar surface area (TPSA) is 38.1 Å². The first-order chi connectivity index (χ1) is 9.63. The van der Waals surface area contributed by atoms with Gasteiger partial charge in [0.2, 0.25) is 5.91 Å². The van der Waals surface area contributed by atoms with Crippen molar-refractivity contribution in [3.05, 3.63) is 18.2 Å². The van der Waals surface area contributed by atoms with E-state index in [9.17, 15) is 4.79 Å². The van der Waals surface area contributed by atoms with Crippen molar-refractivity contribution in [1.82, 2.24) is 14.5 Å². The molecule has 0 spiro atoms. The van der Waals surface area contributed by atoms with Gasteiger partial charge in [-0.25, -0.2) is 4.98 Å². The Hall–Kier alpha value is -0.970. The molecule has 0 aliphatic carbocycles. The molecular weight excluding hydrogens is 270 g/mol. The van der Waals surface area contributed by atoms with Crippen LogP contribution in [0.5, 0.6) is 0 Å². The van der Waals surface area contributed by atoms with Gasteiger partial charge in [-0.1, -0.05) is 0 Å². The highest BCUT2D eigenvalue weighted by Crippen LogP contribution is 2.27. The zero-order valence-electron chi connectivity index (χ0n) is 12.7. The molecule has 1 aromatic rings. The summed E-state index contributed by atoms with van der Waals surface area (Å²) in [5, 5.41) is 0. The van der Waals surface area contributed by atoms with Crippen LogP contribution < -0.4 is 0 Å². The molecule has 1 aliphatic heterocycles.